The average molecular weight is 484 g/mol. The summed E-state index contributed by atoms with van der Waals surface area (Å²) in [6.45, 7) is 3.62. The smallest absolute Gasteiger partial charge is 0.245 e. The zero-order valence-corrected chi connectivity index (χ0v) is 20.3. The molecule has 8 nitrogen and oxygen atoms in total. The first-order chi connectivity index (χ1) is 16.4. The van der Waals surface area contributed by atoms with Gasteiger partial charge in [-0.2, -0.15) is 4.31 Å². The van der Waals surface area contributed by atoms with Gasteiger partial charge in [0.1, 0.15) is 16.4 Å². The molecule has 0 aliphatic carbocycles. The van der Waals surface area contributed by atoms with Crippen LogP contribution in [0.4, 0.5) is 0 Å². The number of piperazine rings is 1. The van der Waals surface area contributed by atoms with E-state index in [0.717, 1.165) is 22.4 Å². The second kappa shape index (κ2) is 10.4. The maximum atomic E-state index is 13.3. The Bertz CT molecular complexity index is 1250. The summed E-state index contributed by atoms with van der Waals surface area (Å²) in [5, 5.41) is 0.798. The van der Waals surface area contributed by atoms with E-state index in [2.05, 4.69) is 4.98 Å². The summed E-state index contributed by atoms with van der Waals surface area (Å²) in [7, 11) is -2.09. The first-order valence-electron chi connectivity index (χ1n) is 11.3. The Hall–Kier alpha value is -3.17. The number of pyridine rings is 1. The zero-order chi connectivity index (χ0) is 24.1. The maximum absolute atomic E-state index is 13.3. The molecule has 1 aromatic heterocycles. The molecule has 0 unspecified atom stereocenters. The number of fused-ring (bicyclic) bond motifs is 1. The van der Waals surface area contributed by atoms with Crippen molar-refractivity contribution in [2.45, 2.75) is 24.7 Å². The molecule has 34 heavy (non-hydrogen) atoms. The summed E-state index contributed by atoms with van der Waals surface area (Å²) in [5.41, 5.74) is 1.45. The quantitative estimate of drug-likeness (QED) is 0.457. The highest BCUT2D eigenvalue weighted by Crippen LogP contribution is 2.25. The first kappa shape index (κ1) is 24.0. The Labute approximate surface area is 200 Å². The van der Waals surface area contributed by atoms with Gasteiger partial charge in [-0.05, 0) is 55.3 Å². The molecule has 0 atom stereocenters. The Balaban J connectivity index is 1.29. The van der Waals surface area contributed by atoms with Crippen molar-refractivity contribution >= 4 is 26.8 Å². The Kier molecular flexibility index (Phi) is 7.33. The van der Waals surface area contributed by atoms with Crippen LogP contribution in [0.25, 0.3) is 10.9 Å². The monoisotopic (exact) mass is 483 g/mol. The number of rotatable bonds is 8. The molecular weight excluding hydrogens is 454 g/mol. The number of ether oxygens (including phenoxy) is 2. The summed E-state index contributed by atoms with van der Waals surface area (Å²) < 4.78 is 38.9. The van der Waals surface area contributed by atoms with E-state index in [1.54, 1.807) is 30.3 Å². The molecule has 1 aliphatic rings. The molecule has 2 aromatic carbocycles. The Morgan fingerprint density at radius 3 is 2.44 bits per heavy atom. The minimum Gasteiger partial charge on any atom is -0.497 e. The molecule has 0 radical (unpaired) electrons. The van der Waals surface area contributed by atoms with Crippen LogP contribution in [-0.4, -0.2) is 68.4 Å². The standard InChI is InChI=1S/C25H29N3O5S/c1-19-17-20-5-3-6-23(25(20)26-18-19)34(30,31)28-14-12-27(13-15-28)24(29)7-4-16-33-22-10-8-21(32-2)9-11-22/h3,5-6,8-11,17-18H,4,7,12-16H2,1-2H3. The van der Waals surface area contributed by atoms with Gasteiger partial charge in [-0.25, -0.2) is 8.42 Å². The number of carbonyl (C=O) groups is 1. The van der Waals surface area contributed by atoms with Crippen molar-refractivity contribution in [3.8, 4) is 11.5 Å². The minimum absolute atomic E-state index is 0.0117. The maximum Gasteiger partial charge on any atom is 0.245 e. The van der Waals surface area contributed by atoms with E-state index in [1.807, 2.05) is 43.3 Å². The summed E-state index contributed by atoms with van der Waals surface area (Å²) in [4.78, 5) is 18.9. The van der Waals surface area contributed by atoms with Crippen LogP contribution in [0.15, 0.2) is 59.6 Å². The number of benzene rings is 2. The molecule has 1 saturated heterocycles. The molecule has 0 bridgehead atoms. The molecule has 3 aromatic rings. The van der Waals surface area contributed by atoms with Crippen LogP contribution in [-0.2, 0) is 14.8 Å². The average Bonchev–Trinajstić information content (AvgIpc) is 2.86. The lowest BCUT2D eigenvalue weighted by atomic mass is 10.2. The van der Waals surface area contributed by atoms with Crippen LogP contribution in [0, 0.1) is 6.92 Å². The van der Waals surface area contributed by atoms with Crippen LogP contribution in [0.3, 0.4) is 0 Å². The Morgan fingerprint density at radius 2 is 1.74 bits per heavy atom. The molecule has 0 saturated carbocycles. The van der Waals surface area contributed by atoms with Gasteiger partial charge in [0, 0.05) is 44.2 Å². The Morgan fingerprint density at radius 1 is 1.03 bits per heavy atom. The van der Waals surface area contributed by atoms with Gasteiger partial charge in [0.15, 0.2) is 0 Å². The lowest BCUT2D eigenvalue weighted by Gasteiger charge is -2.34. The number of hydrogen-bond acceptors (Lipinski definition) is 6. The number of sulfonamides is 1. The van der Waals surface area contributed by atoms with Crippen molar-refractivity contribution in [3.63, 3.8) is 0 Å². The van der Waals surface area contributed by atoms with E-state index in [-0.39, 0.29) is 23.9 Å². The number of amides is 1. The van der Waals surface area contributed by atoms with Crippen LogP contribution in [0.2, 0.25) is 0 Å². The summed E-state index contributed by atoms with van der Waals surface area (Å²) in [6.07, 6.45) is 2.62. The number of para-hydroxylation sites is 1. The van der Waals surface area contributed by atoms with Crippen molar-refractivity contribution in [3.05, 3.63) is 60.3 Å². The highest BCUT2D eigenvalue weighted by Gasteiger charge is 2.31. The SMILES string of the molecule is COc1ccc(OCCCC(=O)N2CCN(S(=O)(=O)c3cccc4cc(C)cnc34)CC2)cc1. The van der Waals surface area contributed by atoms with Crippen LogP contribution < -0.4 is 9.47 Å². The van der Waals surface area contributed by atoms with Crippen molar-refractivity contribution in [2.24, 2.45) is 0 Å². The fraction of sp³-hybridized carbons (Fsp3) is 0.360. The first-order valence-corrected chi connectivity index (χ1v) is 12.7. The molecule has 4 rings (SSSR count). The predicted molar refractivity (Wildman–Crippen MR) is 130 cm³/mol. The number of aromatic nitrogens is 1. The number of nitrogens with zero attached hydrogens (tertiary/aromatic N) is 3. The van der Waals surface area contributed by atoms with Gasteiger partial charge >= 0.3 is 0 Å². The summed E-state index contributed by atoms with van der Waals surface area (Å²) >= 11 is 0. The highest BCUT2D eigenvalue weighted by molar-refractivity contribution is 7.89. The molecule has 1 amide bonds. The third-order valence-electron chi connectivity index (χ3n) is 5.88. The molecular formula is C25H29N3O5S. The van der Waals surface area contributed by atoms with Gasteiger partial charge in [0.2, 0.25) is 15.9 Å². The largest absolute Gasteiger partial charge is 0.497 e. The second-order valence-corrected chi connectivity index (χ2v) is 10.2. The van der Waals surface area contributed by atoms with Crippen molar-refractivity contribution in [1.82, 2.24) is 14.2 Å². The van der Waals surface area contributed by atoms with Gasteiger partial charge in [-0.15, -0.1) is 0 Å². The summed E-state index contributed by atoms with van der Waals surface area (Å²) in [6, 6.07) is 14.4. The van der Waals surface area contributed by atoms with E-state index in [1.165, 1.54) is 4.31 Å². The molecule has 0 N–H and O–H groups in total. The predicted octanol–water partition coefficient (Wildman–Crippen LogP) is 3.24. The van der Waals surface area contributed by atoms with Gasteiger partial charge in [0.25, 0.3) is 0 Å². The fourth-order valence-corrected chi connectivity index (χ4v) is 5.60. The van der Waals surface area contributed by atoms with Crippen molar-refractivity contribution < 1.29 is 22.7 Å². The van der Waals surface area contributed by atoms with E-state index in [4.69, 9.17) is 9.47 Å². The van der Waals surface area contributed by atoms with Crippen LogP contribution in [0.5, 0.6) is 11.5 Å². The topological polar surface area (TPSA) is 89.0 Å². The highest BCUT2D eigenvalue weighted by atomic mass is 32.2. The molecule has 9 heteroatoms. The third-order valence-corrected chi connectivity index (χ3v) is 7.81. The van der Waals surface area contributed by atoms with Crippen LogP contribution >= 0.6 is 0 Å². The lowest BCUT2D eigenvalue weighted by molar-refractivity contribution is -0.132. The van der Waals surface area contributed by atoms with Crippen LogP contribution in [0.1, 0.15) is 18.4 Å². The van der Waals surface area contributed by atoms with E-state index in [9.17, 15) is 13.2 Å². The number of methoxy groups -OCH3 is 1. The molecule has 1 aliphatic heterocycles. The van der Waals surface area contributed by atoms with Gasteiger partial charge in [-0.1, -0.05) is 12.1 Å². The second-order valence-electron chi connectivity index (χ2n) is 8.25. The molecule has 180 valence electrons. The third kappa shape index (κ3) is 5.31. The zero-order valence-electron chi connectivity index (χ0n) is 19.4. The van der Waals surface area contributed by atoms with Gasteiger partial charge in [-0.3, -0.25) is 9.78 Å². The number of carbonyl (C=O) groups excluding carboxylic acids is 1. The molecule has 2 heterocycles. The fourth-order valence-electron chi connectivity index (χ4n) is 4.01. The molecule has 0 spiro atoms. The lowest BCUT2D eigenvalue weighted by Crippen LogP contribution is -2.50. The normalized spacial score (nSPS) is 14.8. The van der Waals surface area contributed by atoms with Crippen molar-refractivity contribution in [1.29, 1.82) is 0 Å². The minimum atomic E-state index is -3.70. The van der Waals surface area contributed by atoms with Gasteiger partial charge < -0.3 is 14.4 Å². The summed E-state index contributed by atoms with van der Waals surface area (Å²) in [5.74, 6) is 1.50. The number of hydrogen-bond donors (Lipinski definition) is 0. The van der Waals surface area contributed by atoms with Gasteiger partial charge in [0.05, 0.1) is 19.2 Å². The van der Waals surface area contributed by atoms with Crippen molar-refractivity contribution in [2.75, 3.05) is 39.9 Å². The van der Waals surface area contributed by atoms with E-state index < -0.39 is 10.0 Å². The van der Waals surface area contributed by atoms with E-state index >= 15 is 0 Å². The molecule has 1 fully saturated rings. The van der Waals surface area contributed by atoms with E-state index in [0.29, 0.717) is 38.1 Å². The number of aryl methyl sites for hydroxylation is 1.